The maximum atomic E-state index is 10.7. The fourth-order valence-corrected chi connectivity index (χ4v) is 0.947. The first-order valence-corrected chi connectivity index (χ1v) is 4.39. The normalized spacial score (nSPS) is 10.2. The summed E-state index contributed by atoms with van der Waals surface area (Å²) in [5, 5.41) is 8.98. The van der Waals surface area contributed by atoms with Gasteiger partial charge in [0.25, 0.3) is 0 Å². The van der Waals surface area contributed by atoms with Crippen LogP contribution in [0.4, 0.5) is 4.79 Å². The Morgan fingerprint density at radius 2 is 2.77 bits per heavy atom. The number of hydrazone groups is 1. The van der Waals surface area contributed by atoms with Gasteiger partial charge in [-0.05, 0) is 18.5 Å². The van der Waals surface area contributed by atoms with E-state index in [0.29, 0.717) is 12.3 Å². The molecule has 0 aliphatic carbocycles. The number of carbonyl (C=O) groups excluding carboxylic acids is 1. The Labute approximate surface area is 78.8 Å². The van der Waals surface area contributed by atoms with E-state index in [0.717, 1.165) is 0 Å². The van der Waals surface area contributed by atoms with Crippen molar-refractivity contribution < 1.29 is 9.53 Å². The lowest BCUT2D eigenvalue weighted by molar-refractivity contribution is 0.152. The Balaban J connectivity index is 2.30. The molecule has 1 aromatic rings. The van der Waals surface area contributed by atoms with Crippen LogP contribution in [0.15, 0.2) is 10.5 Å². The van der Waals surface area contributed by atoms with Gasteiger partial charge in [0.2, 0.25) is 0 Å². The first-order chi connectivity index (χ1) is 6.33. The van der Waals surface area contributed by atoms with Crippen LogP contribution in [0.5, 0.6) is 0 Å². The van der Waals surface area contributed by atoms with Gasteiger partial charge in [0.05, 0.1) is 12.8 Å². The zero-order valence-corrected chi connectivity index (χ0v) is 7.74. The van der Waals surface area contributed by atoms with Gasteiger partial charge in [-0.25, -0.2) is 10.2 Å². The molecule has 0 aromatic carbocycles. The molecule has 6 nitrogen and oxygen atoms in total. The summed E-state index contributed by atoms with van der Waals surface area (Å²) in [7, 11) is 0. The van der Waals surface area contributed by atoms with Crippen LogP contribution in [0.3, 0.4) is 0 Å². The third-order valence-electron chi connectivity index (χ3n) is 1.00. The zero-order valence-electron chi connectivity index (χ0n) is 6.93. The number of nitrogens with zero attached hydrogens (tertiary/aromatic N) is 3. The molecule has 1 rings (SSSR count). The summed E-state index contributed by atoms with van der Waals surface area (Å²) in [5.41, 5.74) is 2.77. The third-order valence-corrected chi connectivity index (χ3v) is 1.53. The fraction of sp³-hybridized carbons (Fsp3) is 0.333. The Kier molecular flexibility index (Phi) is 3.83. The average molecular weight is 200 g/mol. The van der Waals surface area contributed by atoms with Crippen LogP contribution < -0.4 is 5.43 Å². The molecule has 0 fully saturated rings. The summed E-state index contributed by atoms with van der Waals surface area (Å²) in [6.07, 6.45) is 0.808. The molecule has 0 radical (unpaired) electrons. The highest BCUT2D eigenvalue weighted by Gasteiger charge is 1.95. The van der Waals surface area contributed by atoms with Gasteiger partial charge in [0.1, 0.15) is 5.69 Å². The van der Waals surface area contributed by atoms with Crippen LogP contribution in [0.1, 0.15) is 12.6 Å². The number of carbonyl (C=O) groups is 1. The van der Waals surface area contributed by atoms with Gasteiger partial charge in [-0.1, -0.05) is 4.49 Å². The Morgan fingerprint density at radius 3 is 3.38 bits per heavy atom. The molecule has 0 spiro atoms. The van der Waals surface area contributed by atoms with Crippen molar-refractivity contribution in [1.82, 2.24) is 15.0 Å². The molecule has 0 bridgehead atoms. The van der Waals surface area contributed by atoms with Crippen molar-refractivity contribution in [3.8, 4) is 0 Å². The van der Waals surface area contributed by atoms with Crippen LogP contribution >= 0.6 is 11.5 Å². The predicted molar refractivity (Wildman–Crippen MR) is 47.7 cm³/mol. The minimum Gasteiger partial charge on any atom is -0.449 e. The average Bonchev–Trinajstić information content (AvgIpc) is 2.57. The second-order valence-corrected chi connectivity index (χ2v) is 2.53. The van der Waals surface area contributed by atoms with E-state index in [4.69, 9.17) is 0 Å². The highest BCUT2D eigenvalue weighted by molar-refractivity contribution is 7.03. The second-order valence-electron chi connectivity index (χ2n) is 1.92. The van der Waals surface area contributed by atoms with Gasteiger partial charge in [-0.15, -0.1) is 5.10 Å². The molecule has 0 unspecified atom stereocenters. The maximum absolute atomic E-state index is 10.7. The van der Waals surface area contributed by atoms with Crippen molar-refractivity contribution in [3.63, 3.8) is 0 Å². The van der Waals surface area contributed by atoms with E-state index in [1.807, 2.05) is 0 Å². The molecular formula is C6H8N4O2S. The van der Waals surface area contributed by atoms with Crippen LogP contribution in [-0.4, -0.2) is 28.5 Å². The minimum absolute atomic E-state index is 0.319. The van der Waals surface area contributed by atoms with Crippen molar-refractivity contribution in [2.24, 2.45) is 5.10 Å². The smallest absolute Gasteiger partial charge is 0.427 e. The highest BCUT2D eigenvalue weighted by Crippen LogP contribution is 1.91. The quantitative estimate of drug-likeness (QED) is 0.573. The topological polar surface area (TPSA) is 76.5 Å². The van der Waals surface area contributed by atoms with Crippen molar-refractivity contribution in [2.45, 2.75) is 6.92 Å². The summed E-state index contributed by atoms with van der Waals surface area (Å²) >= 11 is 1.21. The summed E-state index contributed by atoms with van der Waals surface area (Å²) in [6.45, 7) is 2.03. The number of rotatable bonds is 3. The molecule has 0 aliphatic heterocycles. The van der Waals surface area contributed by atoms with E-state index in [1.165, 1.54) is 17.7 Å². The van der Waals surface area contributed by atoms with Gasteiger partial charge < -0.3 is 4.74 Å². The summed E-state index contributed by atoms with van der Waals surface area (Å²) in [6, 6.07) is 0. The molecule has 13 heavy (non-hydrogen) atoms. The van der Waals surface area contributed by atoms with Crippen LogP contribution in [0.25, 0.3) is 0 Å². The Hall–Kier alpha value is -1.50. The van der Waals surface area contributed by atoms with Crippen molar-refractivity contribution in [3.05, 3.63) is 11.1 Å². The maximum Gasteiger partial charge on any atom is 0.427 e. The molecule has 0 aliphatic rings. The lowest BCUT2D eigenvalue weighted by Crippen LogP contribution is -2.18. The van der Waals surface area contributed by atoms with Gasteiger partial charge in [0.15, 0.2) is 0 Å². The van der Waals surface area contributed by atoms with Crippen molar-refractivity contribution in [1.29, 1.82) is 0 Å². The minimum atomic E-state index is -0.582. The number of aromatic nitrogens is 2. The van der Waals surface area contributed by atoms with E-state index < -0.39 is 6.09 Å². The van der Waals surface area contributed by atoms with Crippen molar-refractivity contribution >= 4 is 23.8 Å². The molecule has 1 heterocycles. The number of ether oxygens (including phenoxy) is 1. The highest BCUT2D eigenvalue weighted by atomic mass is 32.1. The number of amides is 1. The number of hydrogen-bond donors (Lipinski definition) is 1. The number of nitrogens with one attached hydrogen (secondary N) is 1. The van der Waals surface area contributed by atoms with Crippen LogP contribution in [0, 0.1) is 0 Å². The molecule has 1 N–H and O–H groups in total. The van der Waals surface area contributed by atoms with E-state index in [1.54, 1.807) is 12.3 Å². The Morgan fingerprint density at radius 1 is 1.92 bits per heavy atom. The molecule has 0 saturated heterocycles. The largest absolute Gasteiger partial charge is 0.449 e. The zero-order chi connectivity index (χ0) is 9.52. The standard InChI is InChI=1S/C6H8N4O2S/c1-2-12-6(11)9-7-3-5-4-13-10-8-5/h3-4H,2H2,1H3,(H,9,11)/b7-3+. The molecule has 0 saturated carbocycles. The second kappa shape index (κ2) is 5.20. The van der Waals surface area contributed by atoms with E-state index >= 15 is 0 Å². The lowest BCUT2D eigenvalue weighted by Gasteiger charge is -1.97. The van der Waals surface area contributed by atoms with Gasteiger partial charge in [-0.3, -0.25) is 0 Å². The predicted octanol–water partition coefficient (Wildman–Crippen LogP) is 0.618. The van der Waals surface area contributed by atoms with Gasteiger partial charge in [-0.2, -0.15) is 5.10 Å². The SMILES string of the molecule is CCOC(=O)N/N=C/c1csnn1. The van der Waals surface area contributed by atoms with Crippen molar-refractivity contribution in [2.75, 3.05) is 6.61 Å². The first kappa shape index (κ1) is 9.59. The summed E-state index contributed by atoms with van der Waals surface area (Å²) in [5.74, 6) is 0. The third kappa shape index (κ3) is 3.61. The Bertz CT molecular complexity index is 285. The number of hydrogen-bond acceptors (Lipinski definition) is 6. The molecule has 0 atom stereocenters. The van der Waals surface area contributed by atoms with Crippen LogP contribution in [0.2, 0.25) is 0 Å². The molecule has 7 heteroatoms. The fourth-order valence-electron chi connectivity index (χ4n) is 0.543. The van der Waals surface area contributed by atoms with Gasteiger partial charge in [0, 0.05) is 5.38 Å². The van der Waals surface area contributed by atoms with E-state index in [2.05, 4.69) is 24.9 Å². The molecule has 1 aromatic heterocycles. The molecule has 70 valence electrons. The van der Waals surface area contributed by atoms with Crippen LogP contribution in [-0.2, 0) is 4.74 Å². The lowest BCUT2D eigenvalue weighted by atomic mass is 10.6. The molecule has 1 amide bonds. The first-order valence-electron chi connectivity index (χ1n) is 3.56. The van der Waals surface area contributed by atoms with E-state index in [-0.39, 0.29) is 0 Å². The van der Waals surface area contributed by atoms with Gasteiger partial charge >= 0.3 is 6.09 Å². The molecular weight excluding hydrogens is 192 g/mol. The monoisotopic (exact) mass is 200 g/mol. The summed E-state index contributed by atoms with van der Waals surface area (Å²) in [4.78, 5) is 10.7. The summed E-state index contributed by atoms with van der Waals surface area (Å²) < 4.78 is 8.18. The van der Waals surface area contributed by atoms with E-state index in [9.17, 15) is 4.79 Å².